The van der Waals surface area contributed by atoms with E-state index in [1.54, 1.807) is 24.5 Å². The molecule has 31 heavy (non-hydrogen) atoms. The zero-order valence-electron chi connectivity index (χ0n) is 17.2. The van der Waals surface area contributed by atoms with Crippen molar-refractivity contribution in [2.75, 3.05) is 6.54 Å². The number of hydrogen-bond acceptors (Lipinski definition) is 5. The van der Waals surface area contributed by atoms with E-state index in [4.69, 9.17) is 4.42 Å². The van der Waals surface area contributed by atoms with Crippen molar-refractivity contribution in [3.05, 3.63) is 65.1 Å². The molecular formula is C23H23N3O4S. The molecule has 1 fully saturated rings. The van der Waals surface area contributed by atoms with E-state index in [9.17, 15) is 14.4 Å². The third-order valence-corrected chi connectivity index (χ3v) is 5.98. The van der Waals surface area contributed by atoms with Crippen LogP contribution >= 0.6 is 11.8 Å². The van der Waals surface area contributed by atoms with Gasteiger partial charge in [-0.25, -0.2) is 0 Å². The first kappa shape index (κ1) is 21.0. The van der Waals surface area contributed by atoms with E-state index in [1.165, 1.54) is 4.90 Å². The standard InChI is InChI=1S/C23H23N3O4S/c1-2-3-10-26-22(28)20(31-23(26)29)12-16-14-25(19-9-5-4-8-18(16)19)15-21(27)24-13-17-7-6-11-30-17/h4-9,11-12,14H,2-3,10,13,15H2,1H3,(H,24,27)/b20-12-. The number of nitrogens with one attached hydrogen (secondary N) is 1. The van der Waals surface area contributed by atoms with Gasteiger partial charge in [0.05, 0.1) is 17.7 Å². The minimum Gasteiger partial charge on any atom is -0.467 e. The third-order valence-electron chi connectivity index (χ3n) is 5.07. The summed E-state index contributed by atoms with van der Waals surface area (Å²) < 4.78 is 7.09. The second kappa shape index (κ2) is 9.26. The molecule has 0 aliphatic carbocycles. The number of nitrogens with zero attached hydrogens (tertiary/aromatic N) is 2. The molecule has 0 radical (unpaired) electrons. The van der Waals surface area contributed by atoms with Crippen molar-refractivity contribution in [2.24, 2.45) is 0 Å². The van der Waals surface area contributed by atoms with E-state index in [-0.39, 0.29) is 23.6 Å². The summed E-state index contributed by atoms with van der Waals surface area (Å²) in [5, 5.41) is 3.53. The highest BCUT2D eigenvalue weighted by atomic mass is 32.2. The molecule has 160 valence electrons. The van der Waals surface area contributed by atoms with E-state index < -0.39 is 0 Å². The van der Waals surface area contributed by atoms with Crippen molar-refractivity contribution >= 4 is 45.8 Å². The Morgan fingerprint density at radius 2 is 2.03 bits per heavy atom. The van der Waals surface area contributed by atoms with Crippen LogP contribution < -0.4 is 5.32 Å². The number of fused-ring (bicyclic) bond motifs is 1. The second-order valence-corrected chi connectivity index (χ2v) is 8.27. The normalized spacial score (nSPS) is 15.4. The minimum absolute atomic E-state index is 0.132. The number of amides is 3. The van der Waals surface area contributed by atoms with E-state index in [0.717, 1.165) is 41.1 Å². The van der Waals surface area contributed by atoms with E-state index in [1.807, 2.05) is 42.0 Å². The van der Waals surface area contributed by atoms with Crippen molar-refractivity contribution in [3.63, 3.8) is 0 Å². The predicted octanol–water partition coefficient (Wildman–Crippen LogP) is 4.39. The van der Waals surface area contributed by atoms with Crippen LogP contribution in [-0.2, 0) is 22.7 Å². The highest BCUT2D eigenvalue weighted by Crippen LogP contribution is 2.34. The molecule has 7 nitrogen and oxygen atoms in total. The third kappa shape index (κ3) is 4.59. The molecule has 0 unspecified atom stereocenters. The molecule has 1 N–H and O–H groups in total. The maximum atomic E-state index is 12.7. The monoisotopic (exact) mass is 437 g/mol. The van der Waals surface area contributed by atoms with Crippen molar-refractivity contribution in [3.8, 4) is 0 Å². The number of para-hydroxylation sites is 1. The summed E-state index contributed by atoms with van der Waals surface area (Å²) in [6.07, 6.45) is 6.86. The number of carbonyl (C=O) groups is 3. The van der Waals surface area contributed by atoms with Crippen molar-refractivity contribution in [2.45, 2.75) is 32.9 Å². The molecule has 0 spiro atoms. The Kier molecular flexibility index (Phi) is 6.27. The maximum Gasteiger partial charge on any atom is 0.293 e. The molecule has 4 rings (SSSR count). The summed E-state index contributed by atoms with van der Waals surface area (Å²) in [6.45, 7) is 2.92. The highest BCUT2D eigenvalue weighted by Gasteiger charge is 2.34. The Hall–Kier alpha value is -3.26. The summed E-state index contributed by atoms with van der Waals surface area (Å²) in [5.41, 5.74) is 1.68. The number of furan rings is 1. The second-order valence-electron chi connectivity index (χ2n) is 7.27. The molecule has 0 bridgehead atoms. The van der Waals surface area contributed by atoms with Crippen LogP contribution in [0.25, 0.3) is 17.0 Å². The lowest BCUT2D eigenvalue weighted by Gasteiger charge is -2.10. The van der Waals surface area contributed by atoms with Gasteiger partial charge in [-0.15, -0.1) is 0 Å². The van der Waals surface area contributed by atoms with Crippen LogP contribution in [0.1, 0.15) is 31.1 Å². The molecular weight excluding hydrogens is 414 g/mol. The van der Waals surface area contributed by atoms with Gasteiger partial charge >= 0.3 is 0 Å². The molecule has 0 saturated carbocycles. The predicted molar refractivity (Wildman–Crippen MR) is 120 cm³/mol. The van der Waals surface area contributed by atoms with E-state index in [0.29, 0.717) is 23.8 Å². The molecule has 1 aliphatic heterocycles. The van der Waals surface area contributed by atoms with Gasteiger partial charge in [0, 0.05) is 29.2 Å². The van der Waals surface area contributed by atoms with Crippen LogP contribution in [0.3, 0.4) is 0 Å². The topological polar surface area (TPSA) is 84.6 Å². The summed E-state index contributed by atoms with van der Waals surface area (Å²) in [5.74, 6) is 0.283. The Morgan fingerprint density at radius 1 is 1.19 bits per heavy atom. The molecule has 2 aromatic heterocycles. The van der Waals surface area contributed by atoms with Gasteiger partial charge in [0.1, 0.15) is 12.3 Å². The van der Waals surface area contributed by atoms with Crippen LogP contribution in [0.4, 0.5) is 4.79 Å². The molecule has 1 aromatic carbocycles. The lowest BCUT2D eigenvalue weighted by atomic mass is 10.1. The van der Waals surface area contributed by atoms with Gasteiger partial charge in [-0.2, -0.15) is 0 Å². The first-order valence-electron chi connectivity index (χ1n) is 10.2. The van der Waals surface area contributed by atoms with Crippen LogP contribution in [0, 0.1) is 0 Å². The average Bonchev–Trinajstić information content (AvgIpc) is 3.46. The lowest BCUT2D eigenvalue weighted by Crippen LogP contribution is -2.29. The first-order valence-corrected chi connectivity index (χ1v) is 11.0. The Labute approximate surface area is 184 Å². The largest absolute Gasteiger partial charge is 0.467 e. The Morgan fingerprint density at radius 3 is 2.81 bits per heavy atom. The summed E-state index contributed by atoms with van der Waals surface area (Å²) in [7, 11) is 0. The van der Waals surface area contributed by atoms with Crippen LogP contribution in [0.15, 0.2) is 58.2 Å². The lowest BCUT2D eigenvalue weighted by molar-refractivity contribution is -0.123. The SMILES string of the molecule is CCCCN1C(=O)S/C(=C\c2cn(CC(=O)NCc3ccco3)c3ccccc23)C1=O. The average molecular weight is 438 g/mol. The summed E-state index contributed by atoms with van der Waals surface area (Å²) in [6, 6.07) is 11.3. The number of carbonyl (C=O) groups excluding carboxylic acids is 3. The first-order chi connectivity index (χ1) is 15.1. The van der Waals surface area contributed by atoms with Gasteiger partial charge < -0.3 is 14.3 Å². The molecule has 0 atom stereocenters. The number of hydrogen-bond donors (Lipinski definition) is 1. The van der Waals surface area contributed by atoms with Crippen LogP contribution in [0.5, 0.6) is 0 Å². The molecule has 8 heteroatoms. The minimum atomic E-state index is -0.253. The smallest absolute Gasteiger partial charge is 0.293 e. The summed E-state index contributed by atoms with van der Waals surface area (Å²) >= 11 is 0.965. The number of benzene rings is 1. The van der Waals surface area contributed by atoms with Gasteiger partial charge in [0.25, 0.3) is 11.1 Å². The zero-order chi connectivity index (χ0) is 21.8. The van der Waals surface area contributed by atoms with Crippen LogP contribution in [-0.4, -0.2) is 33.1 Å². The molecule has 3 amide bonds. The van der Waals surface area contributed by atoms with E-state index >= 15 is 0 Å². The number of rotatable bonds is 8. The fraction of sp³-hybridized carbons (Fsp3) is 0.261. The van der Waals surface area contributed by atoms with Crippen molar-refractivity contribution in [1.29, 1.82) is 0 Å². The van der Waals surface area contributed by atoms with Crippen molar-refractivity contribution in [1.82, 2.24) is 14.8 Å². The number of aromatic nitrogens is 1. The fourth-order valence-electron chi connectivity index (χ4n) is 3.48. The van der Waals surface area contributed by atoms with Crippen LogP contribution in [0.2, 0.25) is 0 Å². The maximum absolute atomic E-state index is 12.7. The van der Waals surface area contributed by atoms with Gasteiger partial charge in [-0.3, -0.25) is 19.3 Å². The van der Waals surface area contributed by atoms with E-state index in [2.05, 4.69) is 5.32 Å². The number of thioether (sulfide) groups is 1. The number of unbranched alkanes of at least 4 members (excludes halogenated alkanes) is 1. The quantitative estimate of drug-likeness (QED) is 0.529. The van der Waals surface area contributed by atoms with Gasteiger partial charge in [0.2, 0.25) is 5.91 Å². The highest BCUT2D eigenvalue weighted by molar-refractivity contribution is 8.18. The van der Waals surface area contributed by atoms with Crippen molar-refractivity contribution < 1.29 is 18.8 Å². The Bertz CT molecular complexity index is 1150. The van der Waals surface area contributed by atoms with Gasteiger partial charge in [-0.05, 0) is 42.5 Å². The van der Waals surface area contributed by atoms with Gasteiger partial charge in [0.15, 0.2) is 0 Å². The summed E-state index contributed by atoms with van der Waals surface area (Å²) in [4.78, 5) is 39.1. The number of imide groups is 1. The fourth-order valence-corrected chi connectivity index (χ4v) is 4.34. The Balaban J connectivity index is 1.55. The molecule has 3 heterocycles. The molecule has 3 aromatic rings. The molecule has 1 saturated heterocycles. The van der Waals surface area contributed by atoms with Gasteiger partial charge in [-0.1, -0.05) is 31.5 Å². The molecule has 1 aliphatic rings. The zero-order valence-corrected chi connectivity index (χ0v) is 18.0.